The number of methoxy groups -OCH3 is 1. The van der Waals surface area contributed by atoms with Crippen molar-refractivity contribution in [2.45, 2.75) is 51.0 Å². The molecule has 0 aliphatic heterocycles. The van der Waals surface area contributed by atoms with Crippen molar-refractivity contribution >= 4 is 5.97 Å². The van der Waals surface area contributed by atoms with Crippen molar-refractivity contribution in [2.75, 3.05) is 21.2 Å². The molecular formula is C14H25NO2. The molecule has 0 radical (unpaired) electrons. The van der Waals surface area contributed by atoms with Gasteiger partial charge in [-0.3, -0.25) is 4.79 Å². The first-order valence-electron chi connectivity index (χ1n) is 6.86. The Balaban J connectivity index is 2.14. The van der Waals surface area contributed by atoms with E-state index in [2.05, 4.69) is 19.0 Å². The van der Waals surface area contributed by atoms with Crippen molar-refractivity contribution in [3.8, 4) is 0 Å². The lowest BCUT2D eigenvalue weighted by Gasteiger charge is -2.39. The van der Waals surface area contributed by atoms with Crippen LogP contribution in [0.5, 0.6) is 0 Å². The second-order valence-corrected chi connectivity index (χ2v) is 5.95. The van der Waals surface area contributed by atoms with Gasteiger partial charge in [-0.25, -0.2) is 0 Å². The van der Waals surface area contributed by atoms with Gasteiger partial charge in [-0.1, -0.05) is 19.3 Å². The second kappa shape index (κ2) is 4.97. The van der Waals surface area contributed by atoms with Crippen molar-refractivity contribution in [1.82, 2.24) is 4.90 Å². The van der Waals surface area contributed by atoms with Crippen molar-refractivity contribution < 1.29 is 9.53 Å². The fourth-order valence-corrected chi connectivity index (χ4v) is 3.78. The Bertz CT molecular complexity index is 278. The van der Waals surface area contributed by atoms with Crippen LogP contribution in [-0.4, -0.2) is 38.1 Å². The largest absolute Gasteiger partial charge is 0.469 e. The van der Waals surface area contributed by atoms with Crippen molar-refractivity contribution in [3.05, 3.63) is 0 Å². The number of rotatable bonds is 4. The molecule has 0 amide bonds. The van der Waals surface area contributed by atoms with Crippen LogP contribution < -0.4 is 0 Å². The Kier molecular flexibility index (Phi) is 3.76. The van der Waals surface area contributed by atoms with Crippen molar-refractivity contribution in [3.63, 3.8) is 0 Å². The molecule has 2 saturated carbocycles. The highest BCUT2D eigenvalue weighted by Gasteiger charge is 2.59. The lowest BCUT2D eigenvalue weighted by atomic mass is 9.76. The Labute approximate surface area is 105 Å². The highest BCUT2D eigenvalue weighted by Crippen LogP contribution is 2.54. The van der Waals surface area contributed by atoms with Gasteiger partial charge in [-0.15, -0.1) is 0 Å². The summed E-state index contributed by atoms with van der Waals surface area (Å²) in [6.07, 6.45) is 8.60. The van der Waals surface area contributed by atoms with Gasteiger partial charge in [0.1, 0.15) is 0 Å². The number of hydrogen-bond acceptors (Lipinski definition) is 3. The first-order valence-corrected chi connectivity index (χ1v) is 6.86. The van der Waals surface area contributed by atoms with Crippen LogP contribution in [0, 0.1) is 11.3 Å². The molecule has 2 aliphatic carbocycles. The van der Waals surface area contributed by atoms with Gasteiger partial charge in [0, 0.05) is 6.04 Å². The topological polar surface area (TPSA) is 29.5 Å². The third-order valence-corrected chi connectivity index (χ3v) is 4.60. The minimum atomic E-state index is -0.180. The number of carbonyl (C=O) groups is 1. The van der Waals surface area contributed by atoms with Gasteiger partial charge in [0.25, 0.3) is 0 Å². The van der Waals surface area contributed by atoms with E-state index in [1.807, 2.05) is 0 Å². The SMILES string of the molecule is COC(=O)C1(C(C2CCCCC2)N(C)C)CC1. The molecule has 0 spiro atoms. The minimum absolute atomic E-state index is 0.0155. The van der Waals surface area contributed by atoms with E-state index in [0.717, 1.165) is 12.8 Å². The number of hydrogen-bond donors (Lipinski definition) is 0. The average molecular weight is 239 g/mol. The molecule has 98 valence electrons. The fraction of sp³-hybridized carbons (Fsp3) is 0.929. The van der Waals surface area contributed by atoms with Gasteiger partial charge in [0.15, 0.2) is 0 Å². The molecule has 0 saturated heterocycles. The van der Waals surface area contributed by atoms with Gasteiger partial charge in [0.2, 0.25) is 0 Å². The number of ether oxygens (including phenoxy) is 1. The van der Waals surface area contributed by atoms with Crippen molar-refractivity contribution in [2.24, 2.45) is 11.3 Å². The highest BCUT2D eigenvalue weighted by molar-refractivity contribution is 5.80. The third-order valence-electron chi connectivity index (χ3n) is 4.60. The van der Waals surface area contributed by atoms with E-state index in [0.29, 0.717) is 12.0 Å². The molecule has 3 nitrogen and oxygen atoms in total. The molecule has 0 aromatic carbocycles. The Hall–Kier alpha value is -0.570. The summed E-state index contributed by atoms with van der Waals surface area (Å²) in [7, 11) is 5.75. The predicted octanol–water partition coefficient (Wildman–Crippen LogP) is 2.45. The molecular weight excluding hydrogens is 214 g/mol. The molecule has 3 heteroatoms. The van der Waals surface area contributed by atoms with Gasteiger partial charge < -0.3 is 9.64 Å². The summed E-state index contributed by atoms with van der Waals surface area (Å²) >= 11 is 0. The van der Waals surface area contributed by atoms with Gasteiger partial charge in [-0.05, 0) is 45.7 Å². The van der Waals surface area contributed by atoms with E-state index in [4.69, 9.17) is 4.74 Å². The van der Waals surface area contributed by atoms with Crippen LogP contribution in [-0.2, 0) is 9.53 Å². The van der Waals surface area contributed by atoms with E-state index in [-0.39, 0.29) is 11.4 Å². The summed E-state index contributed by atoms with van der Waals surface area (Å²) in [5.74, 6) is 0.696. The first kappa shape index (κ1) is 12.9. The molecule has 17 heavy (non-hydrogen) atoms. The van der Waals surface area contributed by atoms with Gasteiger partial charge >= 0.3 is 5.97 Å². The summed E-state index contributed by atoms with van der Waals surface area (Å²) in [6, 6.07) is 0.384. The number of nitrogens with zero attached hydrogens (tertiary/aromatic N) is 1. The maximum atomic E-state index is 12.0. The lowest BCUT2D eigenvalue weighted by molar-refractivity contribution is -0.151. The smallest absolute Gasteiger partial charge is 0.313 e. The van der Waals surface area contributed by atoms with E-state index in [9.17, 15) is 4.79 Å². The maximum Gasteiger partial charge on any atom is 0.313 e. The van der Waals surface area contributed by atoms with E-state index >= 15 is 0 Å². The molecule has 0 bridgehead atoms. The normalized spacial score (nSPS) is 25.6. The Morgan fingerprint density at radius 2 is 1.82 bits per heavy atom. The lowest BCUT2D eigenvalue weighted by Crippen LogP contribution is -2.47. The summed E-state index contributed by atoms with van der Waals surface area (Å²) < 4.78 is 5.03. The summed E-state index contributed by atoms with van der Waals surface area (Å²) in [5, 5.41) is 0. The summed E-state index contributed by atoms with van der Waals surface area (Å²) in [5.41, 5.74) is -0.180. The number of carbonyl (C=O) groups excluding carboxylic acids is 1. The van der Waals surface area contributed by atoms with E-state index < -0.39 is 0 Å². The molecule has 0 heterocycles. The minimum Gasteiger partial charge on any atom is -0.469 e. The molecule has 2 rings (SSSR count). The Morgan fingerprint density at radius 3 is 2.24 bits per heavy atom. The van der Waals surface area contributed by atoms with E-state index in [1.165, 1.54) is 39.2 Å². The quantitative estimate of drug-likeness (QED) is 0.706. The standard InChI is InChI=1S/C14H25NO2/c1-15(2)12(11-7-5-4-6-8-11)14(9-10-14)13(16)17-3/h11-12H,4-10H2,1-3H3. The molecule has 2 aliphatic rings. The van der Waals surface area contributed by atoms with Crippen LogP contribution in [0.4, 0.5) is 0 Å². The molecule has 2 fully saturated rings. The third kappa shape index (κ3) is 2.35. The van der Waals surface area contributed by atoms with Crippen LogP contribution in [0.2, 0.25) is 0 Å². The van der Waals surface area contributed by atoms with Gasteiger partial charge in [0.05, 0.1) is 12.5 Å². The molecule has 1 unspecified atom stereocenters. The molecule has 0 N–H and O–H groups in total. The monoisotopic (exact) mass is 239 g/mol. The van der Waals surface area contributed by atoms with Gasteiger partial charge in [-0.2, -0.15) is 0 Å². The first-order chi connectivity index (χ1) is 8.12. The highest BCUT2D eigenvalue weighted by atomic mass is 16.5. The maximum absolute atomic E-state index is 12.0. The molecule has 0 aromatic rings. The zero-order valence-corrected chi connectivity index (χ0v) is 11.4. The van der Waals surface area contributed by atoms with Crippen LogP contribution >= 0.6 is 0 Å². The predicted molar refractivity (Wildman–Crippen MR) is 67.7 cm³/mol. The van der Waals surface area contributed by atoms with Crippen molar-refractivity contribution in [1.29, 1.82) is 0 Å². The molecule has 1 atom stereocenters. The second-order valence-electron chi connectivity index (χ2n) is 5.95. The summed E-state index contributed by atoms with van der Waals surface area (Å²) in [6.45, 7) is 0. The summed E-state index contributed by atoms with van der Waals surface area (Å²) in [4.78, 5) is 14.3. The average Bonchev–Trinajstić information content (AvgIpc) is 3.10. The number of esters is 1. The van der Waals surface area contributed by atoms with Crippen LogP contribution in [0.25, 0.3) is 0 Å². The zero-order chi connectivity index (χ0) is 12.5. The van der Waals surface area contributed by atoms with Crippen LogP contribution in [0.1, 0.15) is 44.9 Å². The fourth-order valence-electron chi connectivity index (χ4n) is 3.78. The Morgan fingerprint density at radius 1 is 1.24 bits per heavy atom. The van der Waals surface area contributed by atoms with E-state index in [1.54, 1.807) is 0 Å². The van der Waals surface area contributed by atoms with Crippen LogP contribution in [0.3, 0.4) is 0 Å². The van der Waals surface area contributed by atoms with Crippen LogP contribution in [0.15, 0.2) is 0 Å². The zero-order valence-electron chi connectivity index (χ0n) is 11.4. The molecule has 0 aromatic heterocycles.